The molecule has 0 radical (unpaired) electrons. The molecule has 4 nitrogen and oxygen atoms in total. The summed E-state index contributed by atoms with van der Waals surface area (Å²) in [6.07, 6.45) is 1.57. The van der Waals surface area contributed by atoms with Crippen LogP contribution in [0.25, 0.3) is 0 Å². The molecule has 100 valence electrons. The van der Waals surface area contributed by atoms with Crippen molar-refractivity contribution in [2.24, 2.45) is 0 Å². The van der Waals surface area contributed by atoms with Gasteiger partial charge in [0.2, 0.25) is 0 Å². The number of hydrogen-bond donors (Lipinski definition) is 1. The lowest BCUT2D eigenvalue weighted by Crippen LogP contribution is -2.36. The number of amides is 1. The molecule has 0 atom stereocenters. The van der Waals surface area contributed by atoms with Crippen LogP contribution in [0.1, 0.15) is 38.1 Å². The molecule has 1 amide bonds. The predicted molar refractivity (Wildman–Crippen MR) is 75.3 cm³/mol. The normalized spacial score (nSPS) is 10.6. The molecular formula is C13H20ClN3O. The summed E-state index contributed by atoms with van der Waals surface area (Å²) >= 11 is 6.08. The van der Waals surface area contributed by atoms with Gasteiger partial charge in [-0.1, -0.05) is 11.6 Å². The van der Waals surface area contributed by atoms with Gasteiger partial charge in [0, 0.05) is 25.3 Å². The van der Waals surface area contributed by atoms with Crippen molar-refractivity contribution >= 4 is 23.3 Å². The minimum Gasteiger partial charge on any atom is -0.369 e. The first kappa shape index (κ1) is 14.8. The summed E-state index contributed by atoms with van der Waals surface area (Å²) in [4.78, 5) is 18.2. The highest BCUT2D eigenvalue weighted by atomic mass is 35.5. The van der Waals surface area contributed by atoms with Crippen LogP contribution >= 0.6 is 11.6 Å². The van der Waals surface area contributed by atoms with Crippen LogP contribution in [0.3, 0.4) is 0 Å². The fourth-order valence-corrected chi connectivity index (χ4v) is 1.99. The second-order valence-corrected chi connectivity index (χ2v) is 4.68. The molecule has 1 N–H and O–H groups in total. The van der Waals surface area contributed by atoms with E-state index < -0.39 is 0 Å². The fraction of sp³-hybridized carbons (Fsp3) is 0.538. The Kier molecular flexibility index (Phi) is 5.41. The first-order chi connectivity index (χ1) is 8.51. The van der Waals surface area contributed by atoms with Crippen molar-refractivity contribution in [2.45, 2.75) is 33.7 Å². The molecule has 0 bridgehead atoms. The Morgan fingerprint density at radius 1 is 1.50 bits per heavy atom. The molecule has 5 heteroatoms. The van der Waals surface area contributed by atoms with Crippen LogP contribution < -0.4 is 5.32 Å². The SMILES string of the molecule is CCNc1ncc(C(=O)N(CC)C(C)C)cc1Cl. The third-order valence-corrected chi connectivity index (χ3v) is 2.95. The molecular weight excluding hydrogens is 250 g/mol. The van der Waals surface area contributed by atoms with Crippen LogP contribution in [0.4, 0.5) is 5.82 Å². The first-order valence-corrected chi connectivity index (χ1v) is 6.59. The standard InChI is InChI=1S/C13H20ClN3O/c1-5-15-12-11(14)7-10(8-16-12)13(18)17(6-2)9(3)4/h7-9H,5-6H2,1-4H3,(H,15,16). The number of carbonyl (C=O) groups excluding carboxylic acids is 1. The van der Waals surface area contributed by atoms with Gasteiger partial charge in [-0.15, -0.1) is 0 Å². The largest absolute Gasteiger partial charge is 0.369 e. The lowest BCUT2D eigenvalue weighted by molar-refractivity contribution is 0.0716. The molecule has 0 unspecified atom stereocenters. The van der Waals surface area contributed by atoms with Crippen LogP contribution in [0.15, 0.2) is 12.3 Å². The molecule has 0 spiro atoms. The molecule has 0 aliphatic rings. The summed E-state index contributed by atoms with van der Waals surface area (Å²) in [6, 6.07) is 1.83. The van der Waals surface area contributed by atoms with Gasteiger partial charge >= 0.3 is 0 Å². The van der Waals surface area contributed by atoms with E-state index in [-0.39, 0.29) is 11.9 Å². The van der Waals surface area contributed by atoms with Gasteiger partial charge in [0.1, 0.15) is 5.82 Å². The summed E-state index contributed by atoms with van der Waals surface area (Å²) in [5.41, 5.74) is 0.525. The Hall–Kier alpha value is -1.29. The van der Waals surface area contributed by atoms with E-state index in [0.29, 0.717) is 22.9 Å². The zero-order valence-electron chi connectivity index (χ0n) is 11.3. The van der Waals surface area contributed by atoms with Crippen LogP contribution in [0.2, 0.25) is 5.02 Å². The Balaban J connectivity index is 2.96. The highest BCUT2D eigenvalue weighted by Gasteiger charge is 2.18. The summed E-state index contributed by atoms with van der Waals surface area (Å²) in [7, 11) is 0. The Morgan fingerprint density at radius 2 is 2.17 bits per heavy atom. The number of hydrogen-bond acceptors (Lipinski definition) is 3. The maximum atomic E-state index is 12.2. The number of rotatable bonds is 5. The van der Waals surface area contributed by atoms with E-state index in [1.165, 1.54) is 0 Å². The van der Waals surface area contributed by atoms with Crippen molar-refractivity contribution in [3.05, 3.63) is 22.8 Å². The lowest BCUT2D eigenvalue weighted by atomic mass is 10.2. The molecule has 0 aliphatic carbocycles. The molecule has 1 heterocycles. The van der Waals surface area contributed by atoms with E-state index in [2.05, 4.69) is 10.3 Å². The van der Waals surface area contributed by atoms with E-state index in [9.17, 15) is 4.79 Å². The van der Waals surface area contributed by atoms with Crippen molar-refractivity contribution in [2.75, 3.05) is 18.4 Å². The second-order valence-electron chi connectivity index (χ2n) is 4.27. The van der Waals surface area contributed by atoms with Gasteiger partial charge < -0.3 is 10.2 Å². The third-order valence-electron chi connectivity index (χ3n) is 2.66. The Labute approximate surface area is 113 Å². The number of halogens is 1. The first-order valence-electron chi connectivity index (χ1n) is 6.21. The van der Waals surface area contributed by atoms with E-state index in [1.54, 1.807) is 17.2 Å². The van der Waals surface area contributed by atoms with Crippen molar-refractivity contribution in [3.8, 4) is 0 Å². The van der Waals surface area contributed by atoms with Crippen LogP contribution in [0, 0.1) is 0 Å². The number of nitrogens with one attached hydrogen (secondary N) is 1. The van der Waals surface area contributed by atoms with Crippen molar-refractivity contribution in [3.63, 3.8) is 0 Å². The van der Waals surface area contributed by atoms with E-state index in [0.717, 1.165) is 6.54 Å². The zero-order valence-corrected chi connectivity index (χ0v) is 12.1. The molecule has 1 rings (SSSR count). The molecule has 0 aromatic carbocycles. The monoisotopic (exact) mass is 269 g/mol. The molecule has 0 saturated carbocycles. The fourth-order valence-electron chi connectivity index (χ4n) is 1.76. The maximum absolute atomic E-state index is 12.2. The van der Waals surface area contributed by atoms with Gasteiger partial charge in [0.15, 0.2) is 0 Å². The molecule has 0 saturated heterocycles. The van der Waals surface area contributed by atoms with Crippen LogP contribution in [0.5, 0.6) is 0 Å². The number of nitrogens with zero attached hydrogens (tertiary/aromatic N) is 2. The summed E-state index contributed by atoms with van der Waals surface area (Å²) in [5, 5.41) is 3.51. The minimum atomic E-state index is -0.0371. The Bertz CT molecular complexity index is 421. The van der Waals surface area contributed by atoms with Crippen molar-refractivity contribution in [1.29, 1.82) is 0 Å². The molecule has 0 fully saturated rings. The van der Waals surface area contributed by atoms with E-state index in [4.69, 9.17) is 11.6 Å². The summed E-state index contributed by atoms with van der Waals surface area (Å²) < 4.78 is 0. The van der Waals surface area contributed by atoms with E-state index in [1.807, 2.05) is 27.7 Å². The Morgan fingerprint density at radius 3 is 2.61 bits per heavy atom. The number of pyridine rings is 1. The molecule has 0 aliphatic heterocycles. The summed E-state index contributed by atoms with van der Waals surface area (Å²) in [6.45, 7) is 9.32. The average Bonchev–Trinajstić information content (AvgIpc) is 2.32. The molecule has 1 aromatic rings. The summed E-state index contributed by atoms with van der Waals surface area (Å²) in [5.74, 6) is 0.577. The van der Waals surface area contributed by atoms with Gasteiger partial charge in [-0.3, -0.25) is 4.79 Å². The number of anilines is 1. The van der Waals surface area contributed by atoms with Crippen LogP contribution in [-0.2, 0) is 0 Å². The van der Waals surface area contributed by atoms with Crippen molar-refractivity contribution in [1.82, 2.24) is 9.88 Å². The van der Waals surface area contributed by atoms with Gasteiger partial charge in [-0.05, 0) is 33.8 Å². The quantitative estimate of drug-likeness (QED) is 0.894. The predicted octanol–water partition coefficient (Wildman–Crippen LogP) is 3.04. The van der Waals surface area contributed by atoms with Gasteiger partial charge in [-0.2, -0.15) is 0 Å². The minimum absolute atomic E-state index is 0.0371. The molecule has 1 aromatic heterocycles. The van der Waals surface area contributed by atoms with Crippen LogP contribution in [-0.4, -0.2) is 34.9 Å². The molecule has 18 heavy (non-hydrogen) atoms. The zero-order chi connectivity index (χ0) is 13.7. The van der Waals surface area contributed by atoms with Gasteiger partial charge in [-0.25, -0.2) is 4.98 Å². The topological polar surface area (TPSA) is 45.2 Å². The van der Waals surface area contributed by atoms with Crippen molar-refractivity contribution < 1.29 is 4.79 Å². The number of aromatic nitrogens is 1. The highest BCUT2D eigenvalue weighted by molar-refractivity contribution is 6.33. The highest BCUT2D eigenvalue weighted by Crippen LogP contribution is 2.21. The maximum Gasteiger partial charge on any atom is 0.255 e. The smallest absolute Gasteiger partial charge is 0.255 e. The number of carbonyl (C=O) groups is 1. The van der Waals surface area contributed by atoms with Gasteiger partial charge in [0.05, 0.1) is 10.6 Å². The second kappa shape index (κ2) is 6.59. The van der Waals surface area contributed by atoms with Gasteiger partial charge in [0.25, 0.3) is 5.91 Å². The average molecular weight is 270 g/mol. The third kappa shape index (κ3) is 3.35. The van der Waals surface area contributed by atoms with E-state index >= 15 is 0 Å². The lowest BCUT2D eigenvalue weighted by Gasteiger charge is -2.25.